The molecule has 1 N–H and O–H groups in total. The molecule has 0 aliphatic heterocycles. The van der Waals surface area contributed by atoms with E-state index < -0.39 is 0 Å². The summed E-state index contributed by atoms with van der Waals surface area (Å²) in [5.41, 5.74) is 2.85. The minimum absolute atomic E-state index is 0.166. The van der Waals surface area contributed by atoms with Crippen molar-refractivity contribution in [3.63, 3.8) is 0 Å². The van der Waals surface area contributed by atoms with Gasteiger partial charge in [0.2, 0.25) is 0 Å². The summed E-state index contributed by atoms with van der Waals surface area (Å²) in [6.07, 6.45) is 3.11. The first-order chi connectivity index (χ1) is 10.5. The molecular weight excluding hydrogens is 277 g/mol. The Hall–Kier alpha value is -1.87. The Morgan fingerprint density at radius 1 is 1.23 bits per heavy atom. The average molecular weight is 300 g/mol. The number of unbranched alkanes of at least 4 members (excludes halogenated alkanes) is 1. The SMILES string of the molecule is Cc1c(F)cccc1-c1[c]cc(CCCCN(C)C)cc1O. The normalized spacial score (nSPS) is 11.1. The molecule has 1 radical (unpaired) electrons. The first-order valence-electron chi connectivity index (χ1n) is 7.63. The van der Waals surface area contributed by atoms with Crippen LogP contribution in [0.4, 0.5) is 4.39 Å². The maximum Gasteiger partial charge on any atom is 0.126 e. The van der Waals surface area contributed by atoms with Crippen LogP contribution in [-0.2, 0) is 6.42 Å². The number of phenols is 1. The van der Waals surface area contributed by atoms with Crippen LogP contribution in [0.25, 0.3) is 11.1 Å². The molecule has 0 heterocycles. The molecule has 0 fully saturated rings. The van der Waals surface area contributed by atoms with Crippen molar-refractivity contribution >= 4 is 0 Å². The molecule has 2 nitrogen and oxygen atoms in total. The Labute approximate surface area is 132 Å². The Morgan fingerprint density at radius 2 is 2.00 bits per heavy atom. The third-order valence-electron chi connectivity index (χ3n) is 3.84. The van der Waals surface area contributed by atoms with E-state index in [2.05, 4.69) is 25.1 Å². The predicted octanol–water partition coefficient (Wildman–Crippen LogP) is 4.19. The Balaban J connectivity index is 2.11. The van der Waals surface area contributed by atoms with Crippen molar-refractivity contribution in [2.24, 2.45) is 0 Å². The van der Waals surface area contributed by atoms with Gasteiger partial charge >= 0.3 is 0 Å². The van der Waals surface area contributed by atoms with Gasteiger partial charge in [0, 0.05) is 5.56 Å². The van der Waals surface area contributed by atoms with Crippen molar-refractivity contribution in [3.8, 4) is 16.9 Å². The number of hydrogen-bond donors (Lipinski definition) is 1. The number of hydrogen-bond acceptors (Lipinski definition) is 2. The molecule has 0 atom stereocenters. The second-order valence-corrected chi connectivity index (χ2v) is 5.94. The predicted molar refractivity (Wildman–Crippen MR) is 88.6 cm³/mol. The van der Waals surface area contributed by atoms with Crippen molar-refractivity contribution in [2.45, 2.75) is 26.2 Å². The molecule has 0 aliphatic rings. The summed E-state index contributed by atoms with van der Waals surface area (Å²) >= 11 is 0. The van der Waals surface area contributed by atoms with Gasteiger partial charge in [-0.1, -0.05) is 18.2 Å². The van der Waals surface area contributed by atoms with E-state index in [0.29, 0.717) is 16.7 Å². The molecule has 0 saturated heterocycles. The van der Waals surface area contributed by atoms with Crippen LogP contribution in [-0.4, -0.2) is 30.6 Å². The topological polar surface area (TPSA) is 23.5 Å². The minimum atomic E-state index is -0.266. The van der Waals surface area contributed by atoms with Gasteiger partial charge < -0.3 is 10.0 Å². The van der Waals surface area contributed by atoms with Gasteiger partial charge in [-0.3, -0.25) is 0 Å². The summed E-state index contributed by atoms with van der Waals surface area (Å²) in [4.78, 5) is 2.17. The highest BCUT2D eigenvalue weighted by atomic mass is 19.1. The zero-order chi connectivity index (χ0) is 16.1. The van der Waals surface area contributed by atoms with E-state index in [1.54, 1.807) is 25.1 Å². The number of aromatic hydroxyl groups is 1. The van der Waals surface area contributed by atoms with Gasteiger partial charge in [-0.2, -0.15) is 0 Å². The smallest absolute Gasteiger partial charge is 0.126 e. The van der Waals surface area contributed by atoms with Crippen LogP contribution < -0.4 is 0 Å². The van der Waals surface area contributed by atoms with E-state index >= 15 is 0 Å². The zero-order valence-electron chi connectivity index (χ0n) is 13.5. The number of benzene rings is 2. The molecule has 0 unspecified atom stereocenters. The lowest BCUT2D eigenvalue weighted by Gasteiger charge is -2.11. The van der Waals surface area contributed by atoms with Gasteiger partial charge in [0.15, 0.2) is 0 Å². The lowest BCUT2D eigenvalue weighted by atomic mass is 9.97. The molecule has 0 amide bonds. The third kappa shape index (κ3) is 4.08. The lowest BCUT2D eigenvalue weighted by Crippen LogP contribution is -2.12. The Bertz CT molecular complexity index is 637. The first kappa shape index (κ1) is 16.5. The molecule has 117 valence electrons. The second kappa shape index (κ2) is 7.41. The number of halogens is 1. The van der Waals surface area contributed by atoms with Crippen LogP contribution in [0.3, 0.4) is 0 Å². The van der Waals surface area contributed by atoms with E-state index in [1.807, 2.05) is 6.07 Å². The lowest BCUT2D eigenvalue weighted by molar-refractivity contribution is 0.394. The molecule has 0 aliphatic carbocycles. The maximum absolute atomic E-state index is 13.6. The Kier molecular flexibility index (Phi) is 5.56. The van der Waals surface area contributed by atoms with Crippen molar-refractivity contribution in [1.82, 2.24) is 4.90 Å². The van der Waals surface area contributed by atoms with Crippen LogP contribution in [0.1, 0.15) is 24.0 Å². The first-order valence-corrected chi connectivity index (χ1v) is 7.63. The fraction of sp³-hybridized carbons (Fsp3) is 0.368. The van der Waals surface area contributed by atoms with E-state index in [4.69, 9.17) is 0 Å². The molecule has 0 aromatic heterocycles. The molecule has 0 spiro atoms. The highest BCUT2D eigenvalue weighted by molar-refractivity contribution is 5.72. The van der Waals surface area contributed by atoms with Crippen molar-refractivity contribution in [1.29, 1.82) is 0 Å². The number of rotatable bonds is 6. The summed E-state index contributed by atoms with van der Waals surface area (Å²) in [5.74, 6) is -0.100. The fourth-order valence-electron chi connectivity index (χ4n) is 2.52. The number of phenolic OH excluding ortho intramolecular Hbond substituents is 1. The Morgan fingerprint density at radius 3 is 2.68 bits per heavy atom. The van der Waals surface area contributed by atoms with Crippen molar-refractivity contribution < 1.29 is 9.50 Å². The average Bonchev–Trinajstić information content (AvgIpc) is 2.47. The van der Waals surface area contributed by atoms with Gasteiger partial charge in [-0.05, 0) is 81.7 Å². The van der Waals surface area contributed by atoms with Crippen LogP contribution in [0, 0.1) is 18.8 Å². The van der Waals surface area contributed by atoms with E-state index in [1.165, 1.54) is 6.07 Å². The van der Waals surface area contributed by atoms with Crippen LogP contribution in [0.2, 0.25) is 0 Å². The van der Waals surface area contributed by atoms with Gasteiger partial charge in [-0.25, -0.2) is 4.39 Å². The van der Waals surface area contributed by atoms with E-state index in [0.717, 1.165) is 31.4 Å². The van der Waals surface area contributed by atoms with E-state index in [-0.39, 0.29) is 11.6 Å². The maximum atomic E-state index is 13.6. The molecule has 3 heteroatoms. The van der Waals surface area contributed by atoms with Gasteiger partial charge in [-0.15, -0.1) is 0 Å². The molecular formula is C19H23FNO. The summed E-state index contributed by atoms with van der Waals surface area (Å²) < 4.78 is 13.6. The quantitative estimate of drug-likeness (QED) is 0.809. The molecule has 22 heavy (non-hydrogen) atoms. The van der Waals surface area contributed by atoms with Gasteiger partial charge in [0.25, 0.3) is 0 Å². The van der Waals surface area contributed by atoms with Crippen molar-refractivity contribution in [3.05, 3.63) is 53.3 Å². The van der Waals surface area contributed by atoms with Crippen LogP contribution in [0.5, 0.6) is 5.75 Å². The zero-order valence-corrected chi connectivity index (χ0v) is 13.5. The molecule has 0 saturated carbocycles. The monoisotopic (exact) mass is 300 g/mol. The van der Waals surface area contributed by atoms with Gasteiger partial charge in [0.1, 0.15) is 11.6 Å². The summed E-state index contributed by atoms with van der Waals surface area (Å²) in [6, 6.07) is 11.7. The van der Waals surface area contributed by atoms with Crippen LogP contribution in [0.15, 0.2) is 30.3 Å². The largest absolute Gasteiger partial charge is 0.507 e. The second-order valence-electron chi connectivity index (χ2n) is 5.94. The van der Waals surface area contributed by atoms with E-state index in [9.17, 15) is 9.50 Å². The molecule has 2 aromatic rings. The minimum Gasteiger partial charge on any atom is -0.507 e. The highest BCUT2D eigenvalue weighted by Crippen LogP contribution is 2.32. The van der Waals surface area contributed by atoms with Gasteiger partial charge in [0.05, 0.1) is 0 Å². The third-order valence-corrected chi connectivity index (χ3v) is 3.84. The fourth-order valence-corrected chi connectivity index (χ4v) is 2.52. The summed E-state index contributed by atoms with van der Waals surface area (Å²) in [7, 11) is 4.13. The number of nitrogens with zero attached hydrogens (tertiary/aromatic N) is 1. The highest BCUT2D eigenvalue weighted by Gasteiger charge is 2.10. The van der Waals surface area contributed by atoms with Crippen LogP contribution >= 0.6 is 0 Å². The molecule has 2 aromatic carbocycles. The molecule has 2 rings (SSSR count). The standard InChI is InChI=1S/C19H23FNO/c1-14-16(8-6-9-18(14)20)17-11-10-15(13-19(17)22)7-4-5-12-21(2)3/h6,8-10,13,22H,4-5,7,12H2,1-3H3. The number of aryl methyl sites for hydroxylation is 1. The molecule has 0 bridgehead atoms. The van der Waals surface area contributed by atoms with Crippen molar-refractivity contribution in [2.75, 3.05) is 20.6 Å². The summed E-state index contributed by atoms with van der Waals surface area (Å²) in [6.45, 7) is 2.78. The summed E-state index contributed by atoms with van der Waals surface area (Å²) in [5, 5.41) is 10.2.